The average Bonchev–Trinajstić information content (AvgIpc) is 2.00. The maximum Gasteiger partial charge on any atom is 0.465 e. The van der Waals surface area contributed by atoms with Crippen molar-refractivity contribution in [1.29, 1.82) is 0 Å². The second-order valence-electron chi connectivity index (χ2n) is 3.28. The van der Waals surface area contributed by atoms with Crippen LogP contribution in [0, 0.1) is 0 Å². The van der Waals surface area contributed by atoms with E-state index >= 15 is 0 Å². The normalized spacial score (nSPS) is 13.4. The zero-order chi connectivity index (χ0) is 13.4. The van der Waals surface area contributed by atoms with Crippen LogP contribution in [-0.2, 0) is 14.3 Å². The molecular formula is C7H7F5O4. The second-order valence-corrected chi connectivity index (χ2v) is 3.28. The van der Waals surface area contributed by atoms with Crippen molar-refractivity contribution in [2.75, 3.05) is 0 Å². The number of esters is 1. The number of hydrogen-bond donors (Lipinski definition) is 1. The van der Waals surface area contributed by atoms with Gasteiger partial charge >= 0.3 is 24.0 Å². The minimum absolute atomic E-state index is 0.666. The first kappa shape index (κ1) is 14.6. The topological polar surface area (TPSA) is 63.6 Å². The molecule has 1 N–H and O–H groups in total. The largest absolute Gasteiger partial charge is 0.478 e. The maximum absolute atomic E-state index is 12.3. The van der Waals surface area contributed by atoms with Gasteiger partial charge in [0.1, 0.15) is 0 Å². The van der Waals surface area contributed by atoms with E-state index in [0.717, 1.165) is 0 Å². The molecular weight excluding hydrogens is 243 g/mol. The Kier molecular flexibility index (Phi) is 3.53. The van der Waals surface area contributed by atoms with E-state index in [2.05, 4.69) is 4.74 Å². The molecule has 0 spiro atoms. The highest BCUT2D eigenvalue weighted by molar-refractivity contribution is 5.84. The molecule has 4 nitrogen and oxygen atoms in total. The Hall–Kier alpha value is -1.41. The molecule has 0 rings (SSSR count). The van der Waals surface area contributed by atoms with E-state index in [0.29, 0.717) is 13.8 Å². The molecule has 0 saturated carbocycles. The van der Waals surface area contributed by atoms with Gasteiger partial charge in [-0.25, -0.2) is 9.59 Å². The number of carbonyl (C=O) groups excluding carboxylic acids is 1. The number of ether oxygens (including phenoxy) is 1. The van der Waals surface area contributed by atoms with Crippen LogP contribution in [0.2, 0.25) is 0 Å². The Bertz CT molecular complexity index is 306. The molecule has 0 amide bonds. The zero-order valence-corrected chi connectivity index (χ0v) is 8.06. The minimum atomic E-state index is -6.13. The van der Waals surface area contributed by atoms with Gasteiger partial charge in [-0.2, -0.15) is 22.0 Å². The molecule has 0 aliphatic rings. The summed E-state index contributed by atoms with van der Waals surface area (Å²) in [6.07, 6.45) is -6.13. The molecule has 0 atom stereocenters. The molecule has 0 unspecified atom stereocenters. The van der Waals surface area contributed by atoms with E-state index in [9.17, 15) is 31.5 Å². The summed E-state index contributed by atoms with van der Waals surface area (Å²) in [4.78, 5) is 20.8. The molecule has 0 saturated heterocycles. The molecule has 0 bridgehead atoms. The van der Waals surface area contributed by atoms with Crippen LogP contribution in [0.15, 0.2) is 0 Å². The van der Waals surface area contributed by atoms with Gasteiger partial charge in [0.25, 0.3) is 0 Å². The van der Waals surface area contributed by atoms with Crippen molar-refractivity contribution in [3.8, 4) is 0 Å². The lowest BCUT2D eigenvalue weighted by atomic mass is 10.1. The summed E-state index contributed by atoms with van der Waals surface area (Å²) in [5.74, 6) is -10.5. The molecule has 0 aromatic rings. The first-order valence-electron chi connectivity index (χ1n) is 3.74. The first-order valence-corrected chi connectivity index (χ1v) is 3.74. The van der Waals surface area contributed by atoms with E-state index in [4.69, 9.17) is 5.11 Å². The molecule has 0 aliphatic heterocycles. The van der Waals surface area contributed by atoms with Crippen molar-refractivity contribution in [1.82, 2.24) is 0 Å². The summed E-state index contributed by atoms with van der Waals surface area (Å²) in [7, 11) is 0. The molecule has 94 valence electrons. The fourth-order valence-corrected chi connectivity index (χ4v) is 0.455. The zero-order valence-electron chi connectivity index (χ0n) is 8.06. The van der Waals surface area contributed by atoms with Gasteiger partial charge in [0, 0.05) is 0 Å². The fraction of sp³-hybridized carbons (Fsp3) is 0.714. The summed E-state index contributed by atoms with van der Waals surface area (Å²) >= 11 is 0. The highest BCUT2D eigenvalue weighted by atomic mass is 19.4. The van der Waals surface area contributed by atoms with Gasteiger partial charge in [-0.05, 0) is 13.8 Å². The lowest BCUT2D eigenvalue weighted by molar-refractivity contribution is -0.284. The van der Waals surface area contributed by atoms with E-state index in [-0.39, 0.29) is 0 Å². The summed E-state index contributed by atoms with van der Waals surface area (Å²) < 4.78 is 63.2. The van der Waals surface area contributed by atoms with E-state index in [1.165, 1.54) is 0 Å². The van der Waals surface area contributed by atoms with Crippen molar-refractivity contribution in [2.45, 2.75) is 31.5 Å². The number of alkyl halides is 5. The molecule has 0 aromatic heterocycles. The van der Waals surface area contributed by atoms with E-state index in [1.54, 1.807) is 0 Å². The lowest BCUT2D eigenvalue weighted by Gasteiger charge is -2.24. The Morgan fingerprint density at radius 1 is 1.06 bits per heavy atom. The van der Waals surface area contributed by atoms with Gasteiger partial charge in [-0.3, -0.25) is 0 Å². The fourth-order valence-electron chi connectivity index (χ4n) is 0.455. The molecule has 0 heterocycles. The standard InChI is InChI=1S/C7H7F5O4/c1-5(2,3(13)14)16-4(15)6(8,9)7(10,11)12/h1-2H3,(H,13,14). The van der Waals surface area contributed by atoms with Gasteiger partial charge in [-0.15, -0.1) is 0 Å². The highest BCUT2D eigenvalue weighted by Crippen LogP contribution is 2.37. The number of aliphatic carboxylic acids is 1. The maximum atomic E-state index is 12.3. The smallest absolute Gasteiger partial charge is 0.465 e. The summed E-state index contributed by atoms with van der Waals surface area (Å²) in [6.45, 7) is 1.33. The number of carboxylic acid groups (broad SMARTS) is 1. The number of rotatable bonds is 3. The van der Waals surface area contributed by atoms with Crippen LogP contribution in [0.4, 0.5) is 22.0 Å². The SMILES string of the molecule is CC(C)(OC(=O)C(F)(F)C(F)(F)F)C(=O)O. The van der Waals surface area contributed by atoms with Gasteiger partial charge in [0.05, 0.1) is 0 Å². The number of hydrogen-bond acceptors (Lipinski definition) is 3. The van der Waals surface area contributed by atoms with Gasteiger partial charge in [0.15, 0.2) is 0 Å². The minimum Gasteiger partial charge on any atom is -0.478 e. The van der Waals surface area contributed by atoms with Crippen molar-refractivity contribution < 1.29 is 41.4 Å². The van der Waals surface area contributed by atoms with Crippen molar-refractivity contribution in [3.63, 3.8) is 0 Å². The Morgan fingerprint density at radius 2 is 1.44 bits per heavy atom. The summed E-state index contributed by atoms with van der Waals surface area (Å²) in [5, 5.41) is 8.36. The monoisotopic (exact) mass is 250 g/mol. The van der Waals surface area contributed by atoms with Crippen LogP contribution < -0.4 is 0 Å². The third-order valence-corrected chi connectivity index (χ3v) is 1.48. The van der Waals surface area contributed by atoms with Crippen molar-refractivity contribution in [3.05, 3.63) is 0 Å². The van der Waals surface area contributed by atoms with E-state index in [1.807, 2.05) is 0 Å². The quantitative estimate of drug-likeness (QED) is 0.610. The van der Waals surface area contributed by atoms with Gasteiger partial charge < -0.3 is 9.84 Å². The third kappa shape index (κ3) is 2.80. The molecule has 0 radical (unpaired) electrons. The number of carboxylic acids is 1. The predicted octanol–water partition coefficient (Wildman–Crippen LogP) is 1.59. The van der Waals surface area contributed by atoms with Gasteiger partial charge in [0.2, 0.25) is 5.60 Å². The first-order chi connectivity index (χ1) is 6.82. The number of halogens is 5. The molecule has 0 aliphatic carbocycles. The van der Waals surface area contributed by atoms with Crippen LogP contribution in [0.3, 0.4) is 0 Å². The van der Waals surface area contributed by atoms with Gasteiger partial charge in [-0.1, -0.05) is 0 Å². The molecule has 0 aromatic carbocycles. The summed E-state index contributed by atoms with van der Waals surface area (Å²) in [5.41, 5.74) is -2.47. The Balaban J connectivity index is 4.92. The highest BCUT2D eigenvalue weighted by Gasteiger charge is 2.65. The summed E-state index contributed by atoms with van der Waals surface area (Å²) in [6, 6.07) is 0. The molecule has 0 fully saturated rings. The van der Waals surface area contributed by atoms with Crippen LogP contribution in [-0.4, -0.2) is 34.7 Å². The van der Waals surface area contributed by atoms with Crippen LogP contribution in [0.25, 0.3) is 0 Å². The molecule has 9 heteroatoms. The molecule has 16 heavy (non-hydrogen) atoms. The average molecular weight is 250 g/mol. The van der Waals surface area contributed by atoms with Crippen molar-refractivity contribution >= 4 is 11.9 Å². The second kappa shape index (κ2) is 3.87. The number of carbonyl (C=O) groups is 2. The Morgan fingerprint density at radius 3 is 1.69 bits per heavy atom. The van der Waals surface area contributed by atoms with E-state index < -0.39 is 29.6 Å². The Labute approximate surface area is 86.0 Å². The third-order valence-electron chi connectivity index (χ3n) is 1.48. The van der Waals surface area contributed by atoms with Crippen LogP contribution >= 0.6 is 0 Å². The van der Waals surface area contributed by atoms with Crippen molar-refractivity contribution in [2.24, 2.45) is 0 Å². The lowest BCUT2D eigenvalue weighted by Crippen LogP contribution is -2.49. The predicted molar refractivity (Wildman–Crippen MR) is 38.8 cm³/mol. The van der Waals surface area contributed by atoms with Crippen LogP contribution in [0.5, 0.6) is 0 Å². The van der Waals surface area contributed by atoms with Crippen LogP contribution in [0.1, 0.15) is 13.8 Å².